The molecule has 0 aromatic carbocycles. The van der Waals surface area contributed by atoms with Gasteiger partial charge in [0.2, 0.25) is 0 Å². The van der Waals surface area contributed by atoms with E-state index in [0.717, 1.165) is 13.1 Å². The lowest BCUT2D eigenvalue weighted by Crippen LogP contribution is -2.51. The summed E-state index contributed by atoms with van der Waals surface area (Å²) in [5.74, 6) is -2.10. The molecule has 0 amide bonds. The number of nitrogens with zero attached hydrogens (tertiary/aromatic N) is 2. The normalized spacial score (nSPS) is 23.2. The van der Waals surface area contributed by atoms with Gasteiger partial charge in [0.1, 0.15) is 5.69 Å². The maximum absolute atomic E-state index is 12.9. The zero-order valence-electron chi connectivity index (χ0n) is 14.0. The molecule has 6 nitrogen and oxygen atoms in total. The average molecular weight is 392 g/mol. The molecular weight excluding hydrogens is 377 g/mol. The first-order chi connectivity index (χ1) is 11.8. The van der Waals surface area contributed by atoms with Gasteiger partial charge in [0.05, 0.1) is 22.5 Å². The van der Waals surface area contributed by atoms with Crippen molar-refractivity contribution < 1.29 is 23.1 Å². The Kier molecular flexibility index (Phi) is 4.97. The molecule has 2 unspecified atom stereocenters. The minimum atomic E-state index is -4.89. The number of allylic oxidation sites excluding steroid dienone is 3. The van der Waals surface area contributed by atoms with Crippen LogP contribution in [-0.4, -0.2) is 20.5 Å². The van der Waals surface area contributed by atoms with Crippen molar-refractivity contribution in [1.82, 2.24) is 9.13 Å². The number of carbonyl (C=O) groups excluding carboxylic acids is 1. The lowest BCUT2D eigenvalue weighted by Gasteiger charge is -2.41. The Morgan fingerprint density at radius 3 is 2.38 bits per heavy atom. The Morgan fingerprint density at radius 1 is 1.35 bits per heavy atom. The number of carbonyl (C=O) groups is 1. The van der Waals surface area contributed by atoms with Gasteiger partial charge >= 0.3 is 11.9 Å². The SMILES string of the molecule is CC(C)C1(C(=O)[O-])C=C(n2c(=O)cc(C(F)(F)F)n(C)c2=O)C=CC1Cl. The molecule has 1 aromatic rings. The molecule has 1 aromatic heterocycles. The number of hydrogen-bond acceptors (Lipinski definition) is 4. The predicted molar refractivity (Wildman–Crippen MR) is 86.3 cm³/mol. The Balaban J connectivity index is 2.79. The number of halogens is 4. The van der Waals surface area contributed by atoms with E-state index in [-0.39, 0.29) is 16.3 Å². The lowest BCUT2D eigenvalue weighted by molar-refractivity contribution is -0.318. The van der Waals surface area contributed by atoms with Crippen LogP contribution in [0.1, 0.15) is 19.5 Å². The number of rotatable bonds is 3. The van der Waals surface area contributed by atoms with Crippen molar-refractivity contribution in [2.24, 2.45) is 18.4 Å². The van der Waals surface area contributed by atoms with Crippen LogP contribution in [0.25, 0.3) is 5.70 Å². The van der Waals surface area contributed by atoms with Gasteiger partial charge in [0.15, 0.2) is 0 Å². The monoisotopic (exact) mass is 391 g/mol. The first-order valence-corrected chi connectivity index (χ1v) is 7.95. The Bertz CT molecular complexity index is 927. The minimum absolute atomic E-state index is 0.181. The van der Waals surface area contributed by atoms with E-state index >= 15 is 0 Å². The van der Waals surface area contributed by atoms with Gasteiger partial charge < -0.3 is 9.90 Å². The van der Waals surface area contributed by atoms with Crippen molar-refractivity contribution in [2.45, 2.75) is 25.4 Å². The molecule has 0 N–H and O–H groups in total. The quantitative estimate of drug-likeness (QED) is 0.719. The van der Waals surface area contributed by atoms with Crippen molar-refractivity contribution in [3.05, 3.63) is 50.8 Å². The molecule has 0 saturated heterocycles. The summed E-state index contributed by atoms with van der Waals surface area (Å²) in [7, 11) is 0.868. The number of alkyl halides is 4. The highest BCUT2D eigenvalue weighted by Gasteiger charge is 2.42. The van der Waals surface area contributed by atoms with Crippen LogP contribution in [-0.2, 0) is 18.0 Å². The van der Waals surface area contributed by atoms with Crippen LogP contribution in [0, 0.1) is 11.3 Å². The molecule has 1 heterocycles. The van der Waals surface area contributed by atoms with Crippen molar-refractivity contribution in [2.75, 3.05) is 0 Å². The summed E-state index contributed by atoms with van der Waals surface area (Å²) in [6.45, 7) is 3.12. The van der Waals surface area contributed by atoms with Crippen molar-refractivity contribution in [3.63, 3.8) is 0 Å². The lowest BCUT2D eigenvalue weighted by atomic mass is 9.71. The Hall–Kier alpha value is -2.29. The van der Waals surface area contributed by atoms with E-state index in [1.165, 1.54) is 12.2 Å². The highest BCUT2D eigenvalue weighted by Crippen LogP contribution is 2.41. The highest BCUT2D eigenvalue weighted by molar-refractivity contribution is 6.24. The maximum atomic E-state index is 12.9. The standard InChI is InChI=1S/C16H16ClF3N2O4/c1-8(2)15(13(24)25)7-9(4-5-10(15)17)22-12(23)6-11(16(18,19)20)21(3)14(22)26/h4-8,10H,1-3H3,(H,24,25)/p-1. The van der Waals surface area contributed by atoms with Gasteiger partial charge in [-0.2, -0.15) is 13.2 Å². The molecule has 0 bridgehead atoms. The smallest absolute Gasteiger partial charge is 0.431 e. The van der Waals surface area contributed by atoms with Gasteiger partial charge in [0.25, 0.3) is 5.56 Å². The average Bonchev–Trinajstić information content (AvgIpc) is 2.50. The fraction of sp³-hybridized carbons (Fsp3) is 0.438. The molecule has 0 spiro atoms. The summed E-state index contributed by atoms with van der Waals surface area (Å²) in [4.78, 5) is 36.2. The molecule has 1 aliphatic carbocycles. The van der Waals surface area contributed by atoms with Gasteiger partial charge in [-0.1, -0.05) is 19.9 Å². The number of hydrogen-bond donors (Lipinski definition) is 0. The van der Waals surface area contributed by atoms with E-state index in [2.05, 4.69) is 0 Å². The summed E-state index contributed by atoms with van der Waals surface area (Å²) in [5, 5.41) is 10.7. The third-order valence-corrected chi connectivity index (χ3v) is 4.96. The number of carboxylic acids is 1. The van der Waals surface area contributed by atoms with Crippen LogP contribution < -0.4 is 16.4 Å². The molecule has 1 aliphatic rings. The molecule has 2 rings (SSSR count). The van der Waals surface area contributed by atoms with E-state index < -0.39 is 45.8 Å². The number of aliphatic carboxylic acids is 1. The fourth-order valence-electron chi connectivity index (χ4n) is 2.88. The highest BCUT2D eigenvalue weighted by atomic mass is 35.5. The Labute approximate surface area is 150 Å². The van der Waals surface area contributed by atoms with Crippen LogP contribution in [0.15, 0.2) is 33.9 Å². The second-order valence-corrected chi connectivity index (χ2v) is 6.72. The van der Waals surface area contributed by atoms with Gasteiger partial charge in [-0.25, -0.2) is 9.36 Å². The number of aromatic nitrogens is 2. The topological polar surface area (TPSA) is 84.1 Å². The molecule has 10 heteroatoms. The van der Waals surface area contributed by atoms with Crippen LogP contribution in [0.3, 0.4) is 0 Å². The second-order valence-electron chi connectivity index (χ2n) is 6.25. The van der Waals surface area contributed by atoms with Crippen molar-refractivity contribution >= 4 is 23.3 Å². The molecule has 2 atom stereocenters. The summed E-state index contributed by atoms with van der Waals surface area (Å²) in [6.07, 6.45) is -1.33. The van der Waals surface area contributed by atoms with E-state index in [9.17, 15) is 32.7 Å². The third kappa shape index (κ3) is 3.00. The van der Waals surface area contributed by atoms with Gasteiger partial charge in [0, 0.05) is 13.1 Å². The summed E-state index contributed by atoms with van der Waals surface area (Å²) in [6, 6.07) is 0.277. The van der Waals surface area contributed by atoms with Crippen LogP contribution >= 0.6 is 11.6 Å². The van der Waals surface area contributed by atoms with Crippen LogP contribution in [0.2, 0.25) is 0 Å². The molecule has 26 heavy (non-hydrogen) atoms. The number of carboxylic acid groups (broad SMARTS) is 1. The Morgan fingerprint density at radius 2 is 1.92 bits per heavy atom. The van der Waals surface area contributed by atoms with Crippen molar-refractivity contribution in [3.8, 4) is 0 Å². The third-order valence-electron chi connectivity index (χ3n) is 4.46. The minimum Gasteiger partial charge on any atom is -0.549 e. The summed E-state index contributed by atoms with van der Waals surface area (Å²) < 4.78 is 39.5. The van der Waals surface area contributed by atoms with Gasteiger partial charge in [-0.05, 0) is 18.1 Å². The van der Waals surface area contributed by atoms with Gasteiger partial charge in [-0.15, -0.1) is 11.6 Å². The zero-order chi connectivity index (χ0) is 20.0. The second kappa shape index (κ2) is 6.46. The summed E-state index contributed by atoms with van der Waals surface area (Å²) in [5.41, 5.74) is -5.82. The van der Waals surface area contributed by atoms with E-state index in [1.807, 2.05) is 0 Å². The molecule has 0 fully saturated rings. The predicted octanol–water partition coefficient (Wildman–Crippen LogP) is 0.976. The van der Waals surface area contributed by atoms with Crippen molar-refractivity contribution in [1.29, 1.82) is 0 Å². The van der Waals surface area contributed by atoms with E-state index in [1.54, 1.807) is 13.8 Å². The maximum Gasteiger partial charge on any atom is 0.431 e. The fourth-order valence-corrected chi connectivity index (χ4v) is 3.36. The zero-order valence-corrected chi connectivity index (χ0v) is 14.8. The van der Waals surface area contributed by atoms with Gasteiger partial charge in [-0.3, -0.25) is 9.36 Å². The largest absolute Gasteiger partial charge is 0.549 e. The molecular formula is C16H15ClF3N2O4-. The first-order valence-electron chi connectivity index (χ1n) is 7.51. The van der Waals surface area contributed by atoms with E-state index in [0.29, 0.717) is 4.57 Å². The molecule has 0 radical (unpaired) electrons. The first kappa shape index (κ1) is 20.0. The molecule has 0 aliphatic heterocycles. The summed E-state index contributed by atoms with van der Waals surface area (Å²) >= 11 is 6.11. The van der Waals surface area contributed by atoms with E-state index in [4.69, 9.17) is 11.6 Å². The molecule has 142 valence electrons. The molecule has 0 saturated carbocycles. The van der Waals surface area contributed by atoms with Crippen LogP contribution in [0.4, 0.5) is 13.2 Å². The van der Waals surface area contributed by atoms with Crippen LogP contribution in [0.5, 0.6) is 0 Å².